The monoisotopic (exact) mass is 287 g/mol. The molecule has 108 valence electrons. The summed E-state index contributed by atoms with van der Waals surface area (Å²) in [4.78, 5) is 18.7. The number of hydrogen-bond donors (Lipinski definition) is 1. The van der Waals surface area contributed by atoms with Gasteiger partial charge >= 0.3 is 0 Å². The van der Waals surface area contributed by atoms with Gasteiger partial charge in [0.1, 0.15) is 12.7 Å². The summed E-state index contributed by atoms with van der Waals surface area (Å²) >= 11 is 0. The SMILES string of the molecule is CNc1nc(N2CCOC(C#N)C2)nc(-n2cncn2)n1. The minimum absolute atomic E-state index is 0.363. The molecule has 1 atom stereocenters. The molecule has 0 radical (unpaired) electrons. The van der Waals surface area contributed by atoms with Gasteiger partial charge in [-0.2, -0.15) is 30.0 Å². The molecular formula is C11H13N9O. The van der Waals surface area contributed by atoms with Crippen LogP contribution in [0.15, 0.2) is 12.7 Å². The second kappa shape index (κ2) is 5.68. The van der Waals surface area contributed by atoms with Gasteiger partial charge in [-0.1, -0.05) is 0 Å². The fourth-order valence-electron chi connectivity index (χ4n) is 1.93. The van der Waals surface area contributed by atoms with Crippen molar-refractivity contribution in [3.05, 3.63) is 12.7 Å². The molecule has 1 fully saturated rings. The number of aromatic nitrogens is 6. The minimum Gasteiger partial charge on any atom is -0.360 e. The van der Waals surface area contributed by atoms with Crippen LogP contribution in [0.25, 0.3) is 5.95 Å². The van der Waals surface area contributed by atoms with Crippen LogP contribution in [0.5, 0.6) is 0 Å². The lowest BCUT2D eigenvalue weighted by molar-refractivity contribution is 0.0758. The van der Waals surface area contributed by atoms with Crippen LogP contribution in [0.2, 0.25) is 0 Å². The largest absolute Gasteiger partial charge is 0.360 e. The third-order valence-corrected chi connectivity index (χ3v) is 2.95. The lowest BCUT2D eigenvalue weighted by Gasteiger charge is -2.29. The van der Waals surface area contributed by atoms with E-state index < -0.39 is 6.10 Å². The summed E-state index contributed by atoms with van der Waals surface area (Å²) in [5, 5.41) is 15.9. The molecule has 0 spiro atoms. The Morgan fingerprint density at radius 3 is 2.95 bits per heavy atom. The second-order valence-corrected chi connectivity index (χ2v) is 4.28. The van der Waals surface area contributed by atoms with Crippen LogP contribution in [0.4, 0.5) is 11.9 Å². The van der Waals surface area contributed by atoms with Crippen molar-refractivity contribution in [2.24, 2.45) is 0 Å². The molecule has 0 saturated carbocycles. The number of anilines is 2. The highest BCUT2D eigenvalue weighted by molar-refractivity contribution is 5.40. The molecule has 10 heteroatoms. The van der Waals surface area contributed by atoms with E-state index in [1.54, 1.807) is 7.05 Å². The summed E-state index contributed by atoms with van der Waals surface area (Å²) in [5.74, 6) is 1.26. The molecule has 0 bridgehead atoms. The highest BCUT2D eigenvalue weighted by Crippen LogP contribution is 2.15. The van der Waals surface area contributed by atoms with Crippen molar-refractivity contribution in [3.8, 4) is 12.0 Å². The number of ether oxygens (including phenoxy) is 1. The Labute approximate surface area is 120 Å². The molecule has 3 rings (SSSR count). The first-order valence-electron chi connectivity index (χ1n) is 6.35. The molecule has 21 heavy (non-hydrogen) atoms. The van der Waals surface area contributed by atoms with Crippen LogP contribution >= 0.6 is 0 Å². The summed E-state index contributed by atoms with van der Waals surface area (Å²) in [7, 11) is 1.72. The van der Waals surface area contributed by atoms with E-state index in [4.69, 9.17) is 10.00 Å². The average molecular weight is 287 g/mol. The zero-order chi connectivity index (χ0) is 14.7. The molecule has 1 unspecified atom stereocenters. The standard InChI is InChI=1S/C11H13N9O/c1-13-9-16-10(19-2-3-21-8(4-12)5-19)18-11(17-9)20-7-14-6-15-20/h6-8H,2-3,5H2,1H3,(H,13,16,17,18). The summed E-state index contributed by atoms with van der Waals surface area (Å²) in [6.45, 7) is 1.49. The highest BCUT2D eigenvalue weighted by Gasteiger charge is 2.23. The van der Waals surface area contributed by atoms with Gasteiger partial charge in [-0.3, -0.25) is 0 Å². The molecule has 2 aromatic rings. The fourth-order valence-corrected chi connectivity index (χ4v) is 1.93. The van der Waals surface area contributed by atoms with E-state index in [1.165, 1.54) is 17.3 Å². The van der Waals surface area contributed by atoms with Gasteiger partial charge in [-0.25, -0.2) is 4.98 Å². The van der Waals surface area contributed by atoms with Crippen LogP contribution in [0, 0.1) is 11.3 Å². The highest BCUT2D eigenvalue weighted by atomic mass is 16.5. The van der Waals surface area contributed by atoms with Crippen molar-refractivity contribution >= 4 is 11.9 Å². The van der Waals surface area contributed by atoms with Gasteiger partial charge in [-0.05, 0) is 0 Å². The number of nitrogens with one attached hydrogen (secondary N) is 1. The Hall–Kier alpha value is -2.80. The van der Waals surface area contributed by atoms with Crippen LogP contribution in [0.1, 0.15) is 0 Å². The van der Waals surface area contributed by atoms with E-state index in [2.05, 4.69) is 36.4 Å². The van der Waals surface area contributed by atoms with Crippen molar-refractivity contribution in [2.45, 2.75) is 6.10 Å². The van der Waals surface area contributed by atoms with Gasteiger partial charge in [0.05, 0.1) is 19.2 Å². The summed E-state index contributed by atoms with van der Waals surface area (Å²) in [5.41, 5.74) is 0. The van der Waals surface area contributed by atoms with E-state index in [0.29, 0.717) is 37.5 Å². The maximum atomic E-state index is 8.97. The van der Waals surface area contributed by atoms with E-state index >= 15 is 0 Å². The molecule has 1 N–H and O–H groups in total. The normalized spacial score (nSPS) is 18.3. The first-order valence-corrected chi connectivity index (χ1v) is 6.35. The first kappa shape index (κ1) is 13.2. The van der Waals surface area contributed by atoms with E-state index in [-0.39, 0.29) is 0 Å². The van der Waals surface area contributed by atoms with Crippen molar-refractivity contribution in [1.82, 2.24) is 29.7 Å². The molecule has 1 aliphatic heterocycles. The third-order valence-electron chi connectivity index (χ3n) is 2.95. The molecule has 0 aromatic carbocycles. The minimum atomic E-state index is -0.483. The molecular weight excluding hydrogens is 274 g/mol. The van der Waals surface area contributed by atoms with Crippen LogP contribution in [0.3, 0.4) is 0 Å². The predicted molar refractivity (Wildman–Crippen MR) is 71.9 cm³/mol. The summed E-state index contributed by atoms with van der Waals surface area (Å²) < 4.78 is 6.77. The van der Waals surface area contributed by atoms with Gasteiger partial charge in [0.15, 0.2) is 6.10 Å². The topological polar surface area (TPSA) is 118 Å². The molecule has 0 aliphatic carbocycles. The van der Waals surface area contributed by atoms with Crippen molar-refractivity contribution < 1.29 is 4.74 Å². The summed E-state index contributed by atoms with van der Waals surface area (Å²) in [6.07, 6.45) is 2.43. The van der Waals surface area contributed by atoms with Gasteiger partial charge in [0, 0.05) is 13.6 Å². The Kier molecular flexibility index (Phi) is 3.57. The average Bonchev–Trinajstić information content (AvgIpc) is 3.09. The first-order chi connectivity index (χ1) is 10.3. The Morgan fingerprint density at radius 1 is 1.38 bits per heavy atom. The predicted octanol–water partition coefficient (Wildman–Crippen LogP) is -0.777. The second-order valence-electron chi connectivity index (χ2n) is 4.28. The fraction of sp³-hybridized carbons (Fsp3) is 0.455. The zero-order valence-corrected chi connectivity index (χ0v) is 11.3. The van der Waals surface area contributed by atoms with Crippen LogP contribution in [-0.4, -0.2) is 62.6 Å². The number of nitrogens with zero attached hydrogens (tertiary/aromatic N) is 8. The van der Waals surface area contributed by atoms with E-state index in [9.17, 15) is 0 Å². The Bertz CT molecular complexity index is 650. The molecule has 2 aromatic heterocycles. The number of nitriles is 1. The zero-order valence-electron chi connectivity index (χ0n) is 11.3. The van der Waals surface area contributed by atoms with Gasteiger partial charge < -0.3 is 15.0 Å². The van der Waals surface area contributed by atoms with Crippen molar-refractivity contribution in [1.29, 1.82) is 5.26 Å². The number of hydrogen-bond acceptors (Lipinski definition) is 9. The Balaban J connectivity index is 1.94. The van der Waals surface area contributed by atoms with Crippen LogP contribution < -0.4 is 10.2 Å². The van der Waals surface area contributed by atoms with Crippen molar-refractivity contribution in [2.75, 3.05) is 37.0 Å². The smallest absolute Gasteiger partial charge is 0.258 e. The van der Waals surface area contributed by atoms with Crippen molar-refractivity contribution in [3.63, 3.8) is 0 Å². The number of morpholine rings is 1. The third kappa shape index (κ3) is 2.72. The number of rotatable bonds is 3. The Morgan fingerprint density at radius 2 is 2.24 bits per heavy atom. The van der Waals surface area contributed by atoms with Gasteiger partial charge in [0.25, 0.3) is 5.95 Å². The quantitative estimate of drug-likeness (QED) is 0.775. The molecule has 0 amide bonds. The molecule has 1 aliphatic rings. The van der Waals surface area contributed by atoms with Gasteiger partial charge in [-0.15, -0.1) is 0 Å². The van der Waals surface area contributed by atoms with E-state index in [0.717, 1.165) is 0 Å². The molecule has 1 saturated heterocycles. The maximum absolute atomic E-state index is 8.97. The summed E-state index contributed by atoms with van der Waals surface area (Å²) in [6, 6.07) is 2.10. The lowest BCUT2D eigenvalue weighted by atomic mass is 10.3. The van der Waals surface area contributed by atoms with E-state index in [1.807, 2.05) is 4.90 Å². The lowest BCUT2D eigenvalue weighted by Crippen LogP contribution is -2.43. The molecule has 3 heterocycles. The maximum Gasteiger partial charge on any atom is 0.258 e. The molecule has 10 nitrogen and oxygen atoms in total. The van der Waals surface area contributed by atoms with Gasteiger partial charge in [0.2, 0.25) is 11.9 Å². The van der Waals surface area contributed by atoms with Crippen LogP contribution in [-0.2, 0) is 4.74 Å².